The lowest BCUT2D eigenvalue weighted by molar-refractivity contribution is -0.174. The molecule has 1 rings (SSSR count). The fourth-order valence-corrected chi connectivity index (χ4v) is 2.61. The van der Waals surface area contributed by atoms with Crippen molar-refractivity contribution in [1.82, 2.24) is 10.3 Å². The number of carbonyl (C=O) groups is 1. The van der Waals surface area contributed by atoms with Gasteiger partial charge in [0.05, 0.1) is 5.69 Å². The van der Waals surface area contributed by atoms with Crippen LogP contribution in [-0.2, 0) is 0 Å². The summed E-state index contributed by atoms with van der Waals surface area (Å²) in [4.78, 5) is 15.8. The van der Waals surface area contributed by atoms with Gasteiger partial charge in [0.15, 0.2) is 4.47 Å². The molecule has 1 heterocycles. The molecule has 19 heavy (non-hydrogen) atoms. The number of nitrogens with one attached hydrogen (secondary N) is 1. The number of aromatic nitrogens is 1. The van der Waals surface area contributed by atoms with Crippen molar-refractivity contribution in [2.45, 2.75) is 39.9 Å². The summed E-state index contributed by atoms with van der Waals surface area (Å²) in [5, 5.41) is 2.02. The molecule has 1 atom stereocenters. The summed E-state index contributed by atoms with van der Waals surface area (Å²) in [5.74, 6) is -0.806. The number of halogens is 4. The summed E-state index contributed by atoms with van der Waals surface area (Å²) in [5.41, 5.74) is -0.821. The summed E-state index contributed by atoms with van der Waals surface area (Å²) in [6, 6.07) is -1.94. The number of thiazole rings is 1. The Morgan fingerprint density at radius 3 is 2.21 bits per heavy atom. The van der Waals surface area contributed by atoms with Crippen molar-refractivity contribution in [2.24, 2.45) is 5.41 Å². The summed E-state index contributed by atoms with van der Waals surface area (Å²) < 4.78 is 39.0. The van der Waals surface area contributed by atoms with Gasteiger partial charge in [0.1, 0.15) is 10.9 Å². The highest BCUT2D eigenvalue weighted by molar-refractivity contribution is 7.17. The molecule has 3 nitrogen and oxygen atoms in total. The van der Waals surface area contributed by atoms with Gasteiger partial charge in [0, 0.05) is 0 Å². The zero-order valence-electron chi connectivity index (χ0n) is 10.9. The number of amides is 1. The SMILES string of the molecule is Cc1nc(Cl)sc1C(=O)N[C@H](C(C)(C)C)C(F)(F)F. The van der Waals surface area contributed by atoms with Crippen LogP contribution >= 0.6 is 22.9 Å². The molecule has 0 aliphatic heterocycles. The quantitative estimate of drug-likeness (QED) is 0.902. The molecule has 0 saturated carbocycles. The van der Waals surface area contributed by atoms with Gasteiger partial charge in [-0.1, -0.05) is 43.7 Å². The third-order valence-corrected chi connectivity index (χ3v) is 3.71. The normalized spacial score (nSPS) is 14.3. The van der Waals surface area contributed by atoms with E-state index in [1.807, 2.05) is 5.32 Å². The molecule has 0 aromatic carbocycles. The molecule has 1 N–H and O–H groups in total. The van der Waals surface area contributed by atoms with E-state index in [4.69, 9.17) is 11.6 Å². The van der Waals surface area contributed by atoms with Crippen LogP contribution in [0.3, 0.4) is 0 Å². The molecule has 1 aromatic heterocycles. The molecule has 0 saturated heterocycles. The van der Waals surface area contributed by atoms with Crippen LogP contribution in [-0.4, -0.2) is 23.1 Å². The van der Waals surface area contributed by atoms with Crippen LogP contribution in [0, 0.1) is 12.3 Å². The number of alkyl halides is 3. The Morgan fingerprint density at radius 2 is 1.89 bits per heavy atom. The predicted molar refractivity (Wildman–Crippen MR) is 68.6 cm³/mol. The zero-order valence-corrected chi connectivity index (χ0v) is 12.4. The molecule has 0 radical (unpaired) electrons. The number of rotatable bonds is 2. The Hall–Kier alpha value is -0.820. The highest BCUT2D eigenvalue weighted by Crippen LogP contribution is 2.34. The Labute approximate surface area is 118 Å². The predicted octanol–water partition coefficient (Wildman–Crippen LogP) is 3.81. The minimum absolute atomic E-state index is 0.100. The summed E-state index contributed by atoms with van der Waals surface area (Å²) in [6.07, 6.45) is -4.52. The van der Waals surface area contributed by atoms with Crippen LogP contribution in [0.25, 0.3) is 0 Å². The molecule has 1 amide bonds. The highest BCUT2D eigenvalue weighted by Gasteiger charge is 2.48. The maximum Gasteiger partial charge on any atom is 0.409 e. The topological polar surface area (TPSA) is 42.0 Å². The Bertz CT molecular complexity index is 465. The first-order valence-electron chi connectivity index (χ1n) is 5.43. The van der Waals surface area contributed by atoms with E-state index in [1.54, 1.807) is 0 Å². The van der Waals surface area contributed by atoms with Crippen molar-refractivity contribution >= 4 is 28.8 Å². The van der Waals surface area contributed by atoms with Crippen molar-refractivity contribution in [3.05, 3.63) is 15.0 Å². The first-order valence-corrected chi connectivity index (χ1v) is 6.63. The molecule has 0 aliphatic carbocycles. The maximum absolute atomic E-state index is 12.9. The zero-order chi connectivity index (χ0) is 15.0. The standard InChI is InChI=1S/C11H14ClF3N2OS/c1-5-6(19-9(12)16-5)7(18)17-8(10(2,3)4)11(13,14)15/h8H,1-4H3,(H,17,18)/t8-/m1/s1. The van der Waals surface area contributed by atoms with Gasteiger partial charge in [0.2, 0.25) is 0 Å². The van der Waals surface area contributed by atoms with Gasteiger partial charge < -0.3 is 5.32 Å². The summed E-state index contributed by atoms with van der Waals surface area (Å²) in [6.45, 7) is 5.77. The second-order valence-corrected chi connectivity index (χ2v) is 6.78. The van der Waals surface area contributed by atoms with E-state index in [9.17, 15) is 18.0 Å². The molecular weight excluding hydrogens is 301 g/mol. The van der Waals surface area contributed by atoms with Crippen molar-refractivity contribution in [3.8, 4) is 0 Å². The summed E-state index contributed by atoms with van der Waals surface area (Å²) >= 11 is 6.49. The van der Waals surface area contributed by atoms with Gasteiger partial charge in [-0.15, -0.1) is 0 Å². The molecule has 8 heteroatoms. The maximum atomic E-state index is 12.9. The molecule has 0 fully saturated rings. The van der Waals surface area contributed by atoms with Gasteiger partial charge in [-0.2, -0.15) is 13.2 Å². The average Bonchev–Trinajstić information content (AvgIpc) is 2.50. The molecule has 108 valence electrons. The fraction of sp³-hybridized carbons (Fsp3) is 0.636. The second kappa shape index (κ2) is 5.28. The lowest BCUT2D eigenvalue weighted by Crippen LogP contribution is -2.53. The van der Waals surface area contributed by atoms with Crippen molar-refractivity contribution in [1.29, 1.82) is 0 Å². The third kappa shape index (κ3) is 4.07. The van der Waals surface area contributed by atoms with Crippen LogP contribution < -0.4 is 5.32 Å². The molecule has 0 spiro atoms. The molecule has 0 unspecified atom stereocenters. The van der Waals surface area contributed by atoms with Gasteiger partial charge in [-0.05, 0) is 12.3 Å². The first kappa shape index (κ1) is 16.2. The van der Waals surface area contributed by atoms with E-state index in [2.05, 4.69) is 4.98 Å². The monoisotopic (exact) mass is 314 g/mol. The highest BCUT2D eigenvalue weighted by atomic mass is 35.5. The smallest absolute Gasteiger partial charge is 0.339 e. The van der Waals surface area contributed by atoms with Gasteiger partial charge in [0.25, 0.3) is 5.91 Å². The lowest BCUT2D eigenvalue weighted by atomic mass is 9.86. The third-order valence-electron chi connectivity index (χ3n) is 2.45. The molecule has 0 bridgehead atoms. The number of carbonyl (C=O) groups excluding carboxylic acids is 1. The van der Waals surface area contributed by atoms with Crippen LogP contribution in [0.1, 0.15) is 36.1 Å². The van der Waals surface area contributed by atoms with Crippen LogP contribution in [0.2, 0.25) is 4.47 Å². The van der Waals surface area contributed by atoms with Crippen molar-refractivity contribution in [3.63, 3.8) is 0 Å². The second-order valence-electron chi connectivity index (χ2n) is 5.20. The van der Waals surface area contributed by atoms with E-state index in [-0.39, 0.29) is 9.34 Å². The number of hydrogen-bond donors (Lipinski definition) is 1. The van der Waals surface area contributed by atoms with E-state index >= 15 is 0 Å². The van der Waals surface area contributed by atoms with Gasteiger partial charge in [-0.3, -0.25) is 4.79 Å². The molecule has 1 aromatic rings. The van der Waals surface area contributed by atoms with Crippen LogP contribution in [0.15, 0.2) is 0 Å². The van der Waals surface area contributed by atoms with E-state index < -0.39 is 23.5 Å². The number of aryl methyl sites for hydroxylation is 1. The van der Waals surface area contributed by atoms with E-state index in [0.29, 0.717) is 5.69 Å². The minimum atomic E-state index is -4.52. The Balaban J connectivity index is 2.99. The van der Waals surface area contributed by atoms with Gasteiger partial charge in [-0.25, -0.2) is 4.98 Å². The number of nitrogens with zero attached hydrogens (tertiary/aromatic N) is 1. The van der Waals surface area contributed by atoms with Crippen LogP contribution in [0.5, 0.6) is 0 Å². The van der Waals surface area contributed by atoms with Crippen molar-refractivity contribution < 1.29 is 18.0 Å². The average molecular weight is 315 g/mol. The molecule has 0 aliphatic rings. The van der Waals surface area contributed by atoms with Crippen molar-refractivity contribution in [2.75, 3.05) is 0 Å². The van der Waals surface area contributed by atoms with Gasteiger partial charge >= 0.3 is 6.18 Å². The molecular formula is C11H14ClF3N2OS. The summed E-state index contributed by atoms with van der Waals surface area (Å²) in [7, 11) is 0. The van der Waals surface area contributed by atoms with Crippen LogP contribution in [0.4, 0.5) is 13.2 Å². The Morgan fingerprint density at radius 1 is 1.37 bits per heavy atom. The van der Waals surface area contributed by atoms with E-state index in [0.717, 1.165) is 11.3 Å². The first-order chi connectivity index (χ1) is 8.43. The minimum Gasteiger partial charge on any atom is -0.339 e. The fourth-order valence-electron chi connectivity index (χ4n) is 1.56. The largest absolute Gasteiger partial charge is 0.409 e. The lowest BCUT2D eigenvalue weighted by Gasteiger charge is -2.32. The van der Waals surface area contributed by atoms with E-state index in [1.165, 1.54) is 27.7 Å². The number of hydrogen-bond acceptors (Lipinski definition) is 3. The Kier molecular flexibility index (Phi) is 4.51.